The zero-order valence-electron chi connectivity index (χ0n) is 10.4. The van der Waals surface area contributed by atoms with E-state index >= 15 is 0 Å². The molecule has 1 aliphatic heterocycles. The average Bonchev–Trinajstić information content (AvgIpc) is 3.08. The smallest absolute Gasteiger partial charge is 0.254 e. The van der Waals surface area contributed by atoms with Crippen molar-refractivity contribution < 1.29 is 4.79 Å². The Bertz CT molecular complexity index is 439. The van der Waals surface area contributed by atoms with Gasteiger partial charge >= 0.3 is 0 Å². The number of thiophene rings is 1. The van der Waals surface area contributed by atoms with E-state index in [4.69, 9.17) is 0 Å². The van der Waals surface area contributed by atoms with Gasteiger partial charge in [0.15, 0.2) is 0 Å². The van der Waals surface area contributed by atoms with Crippen LogP contribution in [0, 0.1) is 5.92 Å². The highest BCUT2D eigenvalue weighted by Crippen LogP contribution is 2.36. The molecule has 2 aliphatic rings. The molecule has 1 atom stereocenters. The number of halogens is 1. The van der Waals surface area contributed by atoms with Crippen LogP contribution in [-0.2, 0) is 0 Å². The summed E-state index contributed by atoms with van der Waals surface area (Å²) in [4.78, 5) is 14.7. The van der Waals surface area contributed by atoms with Crippen molar-refractivity contribution in [1.29, 1.82) is 0 Å². The molecule has 0 N–H and O–H groups in total. The van der Waals surface area contributed by atoms with Crippen molar-refractivity contribution in [2.45, 2.75) is 44.6 Å². The Morgan fingerprint density at radius 3 is 2.72 bits per heavy atom. The van der Waals surface area contributed by atoms with Gasteiger partial charge in [-0.1, -0.05) is 12.8 Å². The number of amides is 1. The van der Waals surface area contributed by atoms with Crippen LogP contribution in [0.5, 0.6) is 0 Å². The molecule has 1 saturated carbocycles. The molecule has 98 valence electrons. The van der Waals surface area contributed by atoms with Crippen molar-refractivity contribution in [1.82, 2.24) is 4.90 Å². The van der Waals surface area contributed by atoms with Crippen LogP contribution in [-0.4, -0.2) is 23.4 Å². The molecule has 3 rings (SSSR count). The number of carbonyl (C=O) groups excluding carboxylic acids is 1. The van der Waals surface area contributed by atoms with Crippen LogP contribution in [0.4, 0.5) is 0 Å². The summed E-state index contributed by atoms with van der Waals surface area (Å²) in [6, 6.07) is 2.47. The zero-order chi connectivity index (χ0) is 12.5. The van der Waals surface area contributed by atoms with Gasteiger partial charge in [0.2, 0.25) is 0 Å². The highest BCUT2D eigenvalue weighted by molar-refractivity contribution is 9.11. The van der Waals surface area contributed by atoms with Gasteiger partial charge in [0.05, 0.1) is 9.35 Å². The molecule has 18 heavy (non-hydrogen) atoms. The number of rotatable bonds is 2. The lowest BCUT2D eigenvalue weighted by Gasteiger charge is -2.29. The Balaban J connectivity index is 1.75. The SMILES string of the molecule is O=C(c1csc(Br)c1)N1CCCC1C1CCCC1. The Labute approximate surface area is 120 Å². The fourth-order valence-electron chi connectivity index (χ4n) is 3.46. The predicted molar refractivity (Wildman–Crippen MR) is 78.0 cm³/mol. The molecular formula is C14H18BrNOS. The third kappa shape index (κ3) is 2.37. The predicted octanol–water partition coefficient (Wildman–Crippen LogP) is 4.31. The molecule has 2 fully saturated rings. The van der Waals surface area contributed by atoms with Crippen LogP contribution < -0.4 is 0 Å². The van der Waals surface area contributed by atoms with Crippen LogP contribution >= 0.6 is 27.3 Å². The van der Waals surface area contributed by atoms with Crippen LogP contribution in [0.1, 0.15) is 48.9 Å². The van der Waals surface area contributed by atoms with E-state index in [1.165, 1.54) is 38.5 Å². The molecule has 1 unspecified atom stereocenters. The summed E-state index contributed by atoms with van der Waals surface area (Å²) in [6.07, 6.45) is 7.74. The summed E-state index contributed by atoms with van der Waals surface area (Å²) in [5, 5.41) is 1.97. The molecule has 1 aromatic heterocycles. The first-order valence-corrected chi connectivity index (χ1v) is 8.48. The second-order valence-corrected chi connectivity index (χ2v) is 7.68. The molecule has 1 saturated heterocycles. The van der Waals surface area contributed by atoms with Crippen LogP contribution in [0.3, 0.4) is 0 Å². The summed E-state index contributed by atoms with van der Waals surface area (Å²) in [6.45, 7) is 0.952. The van der Waals surface area contributed by atoms with Gasteiger partial charge in [-0.05, 0) is 53.6 Å². The van der Waals surface area contributed by atoms with E-state index in [1.54, 1.807) is 11.3 Å². The number of hydrogen-bond donors (Lipinski definition) is 0. The van der Waals surface area contributed by atoms with Crippen molar-refractivity contribution in [2.24, 2.45) is 5.92 Å². The fraction of sp³-hybridized carbons (Fsp3) is 0.643. The van der Waals surface area contributed by atoms with E-state index < -0.39 is 0 Å². The van der Waals surface area contributed by atoms with Crippen LogP contribution in [0.25, 0.3) is 0 Å². The highest BCUT2D eigenvalue weighted by Gasteiger charge is 2.36. The topological polar surface area (TPSA) is 20.3 Å². The maximum Gasteiger partial charge on any atom is 0.254 e. The quantitative estimate of drug-likeness (QED) is 0.792. The van der Waals surface area contributed by atoms with Crippen molar-refractivity contribution >= 4 is 33.2 Å². The lowest BCUT2D eigenvalue weighted by atomic mass is 9.96. The largest absolute Gasteiger partial charge is 0.335 e. The molecule has 1 aromatic rings. The molecule has 2 nitrogen and oxygen atoms in total. The lowest BCUT2D eigenvalue weighted by molar-refractivity contribution is 0.0689. The average molecular weight is 328 g/mol. The minimum absolute atomic E-state index is 0.242. The Morgan fingerprint density at radius 2 is 2.06 bits per heavy atom. The second-order valence-electron chi connectivity index (χ2n) is 5.39. The Hall–Kier alpha value is -0.350. The van der Waals surface area contributed by atoms with Gasteiger partial charge in [-0.3, -0.25) is 4.79 Å². The summed E-state index contributed by atoms with van der Waals surface area (Å²) in [5.74, 6) is 1.00. The standard InChI is InChI=1S/C14H18BrNOS/c15-13-8-11(9-18-13)14(17)16-7-3-6-12(16)10-4-1-2-5-10/h8-10,12H,1-7H2. The monoisotopic (exact) mass is 327 g/mol. The van der Waals surface area contributed by atoms with Gasteiger partial charge in [0, 0.05) is 18.0 Å². The van der Waals surface area contributed by atoms with Crippen molar-refractivity contribution in [2.75, 3.05) is 6.54 Å². The number of carbonyl (C=O) groups is 1. The van der Waals surface area contributed by atoms with Gasteiger partial charge in [-0.25, -0.2) is 0 Å². The highest BCUT2D eigenvalue weighted by atomic mass is 79.9. The van der Waals surface area contributed by atoms with Gasteiger partial charge < -0.3 is 4.90 Å². The fourth-order valence-corrected chi connectivity index (χ4v) is 4.60. The first-order valence-electron chi connectivity index (χ1n) is 6.81. The van der Waals surface area contributed by atoms with E-state index in [9.17, 15) is 4.79 Å². The molecule has 4 heteroatoms. The van der Waals surface area contributed by atoms with Gasteiger partial charge in [-0.15, -0.1) is 11.3 Å². The maximum absolute atomic E-state index is 12.5. The zero-order valence-corrected chi connectivity index (χ0v) is 12.8. The third-order valence-electron chi connectivity index (χ3n) is 4.32. The Morgan fingerprint density at radius 1 is 1.28 bits per heavy atom. The number of hydrogen-bond acceptors (Lipinski definition) is 2. The van der Waals surface area contributed by atoms with E-state index in [0.717, 1.165) is 21.8 Å². The summed E-state index contributed by atoms with van der Waals surface area (Å²) in [5.41, 5.74) is 0.858. The maximum atomic E-state index is 12.5. The second kappa shape index (κ2) is 5.33. The van der Waals surface area contributed by atoms with E-state index in [1.807, 2.05) is 11.4 Å². The molecule has 2 heterocycles. The lowest BCUT2D eigenvalue weighted by Crippen LogP contribution is -2.39. The molecule has 1 aliphatic carbocycles. The van der Waals surface area contributed by atoms with Gasteiger partial charge in [0.1, 0.15) is 0 Å². The van der Waals surface area contributed by atoms with Crippen molar-refractivity contribution in [3.8, 4) is 0 Å². The first kappa shape index (κ1) is 12.7. The van der Waals surface area contributed by atoms with Gasteiger partial charge in [-0.2, -0.15) is 0 Å². The Kier molecular flexibility index (Phi) is 3.76. The summed E-state index contributed by atoms with van der Waals surface area (Å²) in [7, 11) is 0. The van der Waals surface area contributed by atoms with Crippen LogP contribution in [0.15, 0.2) is 15.2 Å². The molecule has 1 amide bonds. The number of nitrogens with zero attached hydrogens (tertiary/aromatic N) is 1. The number of likely N-dealkylation sites (tertiary alicyclic amines) is 1. The van der Waals surface area contributed by atoms with E-state index in [0.29, 0.717) is 6.04 Å². The van der Waals surface area contributed by atoms with E-state index in [-0.39, 0.29) is 5.91 Å². The molecule has 0 bridgehead atoms. The van der Waals surface area contributed by atoms with E-state index in [2.05, 4.69) is 20.8 Å². The van der Waals surface area contributed by atoms with Crippen molar-refractivity contribution in [3.05, 3.63) is 20.8 Å². The summed E-state index contributed by atoms with van der Waals surface area (Å²) < 4.78 is 1.04. The first-order chi connectivity index (χ1) is 8.75. The van der Waals surface area contributed by atoms with Gasteiger partial charge in [0.25, 0.3) is 5.91 Å². The third-order valence-corrected chi connectivity index (χ3v) is 5.82. The molecular weight excluding hydrogens is 310 g/mol. The molecule has 0 aromatic carbocycles. The minimum atomic E-state index is 0.242. The van der Waals surface area contributed by atoms with Crippen LogP contribution in [0.2, 0.25) is 0 Å². The van der Waals surface area contributed by atoms with Crippen molar-refractivity contribution in [3.63, 3.8) is 0 Å². The normalized spacial score (nSPS) is 24.9. The summed E-state index contributed by atoms with van der Waals surface area (Å²) >= 11 is 5.03. The molecule has 0 radical (unpaired) electrons. The minimum Gasteiger partial charge on any atom is -0.335 e. The molecule has 0 spiro atoms.